The summed E-state index contributed by atoms with van der Waals surface area (Å²) >= 11 is 0. The van der Waals surface area contributed by atoms with E-state index in [-0.39, 0.29) is 6.04 Å². The average molecular weight is 267 g/mol. The summed E-state index contributed by atoms with van der Waals surface area (Å²) in [7, 11) is 0. The van der Waals surface area contributed by atoms with Gasteiger partial charge in [-0.05, 0) is 31.7 Å². The third-order valence-electron chi connectivity index (χ3n) is 3.70. The van der Waals surface area contributed by atoms with Crippen LogP contribution in [0, 0.1) is 12.8 Å². The first kappa shape index (κ1) is 14.0. The molecule has 2 rings (SSSR count). The molecule has 0 amide bonds. The number of carbonyl (C=O) groups is 1. The highest BCUT2D eigenvalue weighted by molar-refractivity contribution is 5.73. The van der Waals surface area contributed by atoms with E-state index in [2.05, 4.69) is 15.0 Å². The van der Waals surface area contributed by atoms with E-state index in [1.54, 1.807) is 6.92 Å². The minimum Gasteiger partial charge on any atom is -0.480 e. The molecule has 1 aromatic heterocycles. The Hall–Kier alpha value is -1.43. The van der Waals surface area contributed by atoms with E-state index in [9.17, 15) is 9.90 Å². The Kier molecular flexibility index (Phi) is 4.52. The molecule has 2 heterocycles. The topological polar surface area (TPSA) is 79.5 Å². The van der Waals surface area contributed by atoms with Crippen LogP contribution in [-0.4, -0.2) is 45.2 Å². The van der Waals surface area contributed by atoms with Crippen LogP contribution < -0.4 is 0 Å². The van der Waals surface area contributed by atoms with Gasteiger partial charge in [0.2, 0.25) is 5.89 Å². The first-order chi connectivity index (χ1) is 9.10. The molecule has 0 bridgehead atoms. The summed E-state index contributed by atoms with van der Waals surface area (Å²) in [6, 6.07) is -0.366. The summed E-state index contributed by atoms with van der Waals surface area (Å²) in [4.78, 5) is 17.5. The van der Waals surface area contributed by atoms with E-state index in [4.69, 9.17) is 4.52 Å². The third kappa shape index (κ3) is 3.53. The van der Waals surface area contributed by atoms with Gasteiger partial charge < -0.3 is 9.63 Å². The number of carboxylic acid groups (broad SMARTS) is 1. The molecule has 0 aliphatic carbocycles. The van der Waals surface area contributed by atoms with Crippen LogP contribution in [0.1, 0.15) is 37.9 Å². The normalized spacial score (nSPS) is 22.3. The minimum atomic E-state index is -0.724. The van der Waals surface area contributed by atoms with Crippen molar-refractivity contribution < 1.29 is 14.4 Å². The molecule has 0 radical (unpaired) electrons. The second-order valence-corrected chi connectivity index (χ2v) is 5.20. The number of likely N-dealkylation sites (tertiary alicyclic amines) is 1. The van der Waals surface area contributed by atoms with Gasteiger partial charge in [-0.15, -0.1) is 0 Å². The first-order valence-corrected chi connectivity index (χ1v) is 6.86. The fourth-order valence-corrected chi connectivity index (χ4v) is 2.82. The molecule has 0 spiro atoms. The Morgan fingerprint density at radius 1 is 1.63 bits per heavy atom. The summed E-state index contributed by atoms with van der Waals surface area (Å²) in [5.41, 5.74) is 0. The van der Waals surface area contributed by atoms with E-state index < -0.39 is 5.97 Å². The number of rotatable bonds is 5. The Morgan fingerprint density at radius 3 is 3.00 bits per heavy atom. The second kappa shape index (κ2) is 6.14. The van der Waals surface area contributed by atoms with Crippen molar-refractivity contribution in [3.8, 4) is 0 Å². The van der Waals surface area contributed by atoms with Gasteiger partial charge in [0.25, 0.3) is 0 Å². The quantitative estimate of drug-likeness (QED) is 0.870. The maximum Gasteiger partial charge on any atom is 0.320 e. The molecule has 1 aliphatic rings. The van der Waals surface area contributed by atoms with Gasteiger partial charge in [0.15, 0.2) is 5.82 Å². The first-order valence-electron chi connectivity index (χ1n) is 6.86. The lowest BCUT2D eigenvalue weighted by Gasteiger charge is -2.35. The fourth-order valence-electron chi connectivity index (χ4n) is 2.82. The summed E-state index contributed by atoms with van der Waals surface area (Å²) in [6.07, 6.45) is 3.54. The van der Waals surface area contributed by atoms with Crippen molar-refractivity contribution >= 4 is 5.97 Å². The number of piperidine rings is 1. The predicted molar refractivity (Wildman–Crippen MR) is 68.8 cm³/mol. The van der Waals surface area contributed by atoms with E-state index in [0.29, 0.717) is 18.2 Å². The summed E-state index contributed by atoms with van der Waals surface area (Å²) in [6.45, 7) is 5.37. The van der Waals surface area contributed by atoms with Crippen molar-refractivity contribution in [2.75, 3.05) is 13.1 Å². The molecule has 106 valence electrons. The maximum absolute atomic E-state index is 11.2. The lowest BCUT2D eigenvalue weighted by atomic mass is 9.93. The van der Waals surface area contributed by atoms with Crippen LogP contribution in [0.4, 0.5) is 0 Å². The monoisotopic (exact) mass is 267 g/mol. The van der Waals surface area contributed by atoms with E-state index in [0.717, 1.165) is 38.2 Å². The standard InChI is InChI=1S/C13H21N3O3/c1-3-11(13(17)18)16-6-4-5-10(8-16)7-12-14-9(2)19-15-12/h10-11H,3-8H2,1-2H3,(H,17,18). The Morgan fingerprint density at radius 2 is 2.42 bits per heavy atom. The summed E-state index contributed by atoms with van der Waals surface area (Å²) in [5, 5.41) is 13.1. The number of hydrogen-bond donors (Lipinski definition) is 1. The Labute approximate surface area is 112 Å². The molecular weight excluding hydrogens is 246 g/mol. The minimum absolute atomic E-state index is 0.366. The van der Waals surface area contributed by atoms with Crippen LogP contribution in [0.15, 0.2) is 4.52 Å². The van der Waals surface area contributed by atoms with Gasteiger partial charge in [0.1, 0.15) is 6.04 Å². The largest absolute Gasteiger partial charge is 0.480 e. The van der Waals surface area contributed by atoms with Gasteiger partial charge in [-0.25, -0.2) is 0 Å². The van der Waals surface area contributed by atoms with Crippen molar-refractivity contribution in [2.45, 2.75) is 45.6 Å². The predicted octanol–water partition coefficient (Wildman–Crippen LogP) is 1.50. The zero-order valence-corrected chi connectivity index (χ0v) is 11.5. The Balaban J connectivity index is 1.95. The molecule has 2 atom stereocenters. The van der Waals surface area contributed by atoms with Crippen LogP contribution in [-0.2, 0) is 11.2 Å². The number of aliphatic carboxylic acids is 1. The van der Waals surface area contributed by atoms with Gasteiger partial charge in [0.05, 0.1) is 0 Å². The van der Waals surface area contributed by atoms with Crippen molar-refractivity contribution in [3.05, 3.63) is 11.7 Å². The van der Waals surface area contributed by atoms with E-state index in [1.165, 1.54) is 0 Å². The highest BCUT2D eigenvalue weighted by atomic mass is 16.5. The van der Waals surface area contributed by atoms with Crippen molar-refractivity contribution in [3.63, 3.8) is 0 Å². The van der Waals surface area contributed by atoms with Crippen LogP contribution >= 0.6 is 0 Å². The molecule has 6 nitrogen and oxygen atoms in total. The molecule has 1 aliphatic heterocycles. The zero-order valence-electron chi connectivity index (χ0n) is 11.5. The smallest absolute Gasteiger partial charge is 0.320 e. The van der Waals surface area contributed by atoms with Crippen LogP contribution in [0.25, 0.3) is 0 Å². The van der Waals surface area contributed by atoms with Gasteiger partial charge in [0, 0.05) is 19.9 Å². The number of hydrogen-bond acceptors (Lipinski definition) is 5. The zero-order chi connectivity index (χ0) is 13.8. The fraction of sp³-hybridized carbons (Fsp3) is 0.769. The van der Waals surface area contributed by atoms with Crippen molar-refractivity contribution in [1.82, 2.24) is 15.0 Å². The van der Waals surface area contributed by atoms with Crippen LogP contribution in [0.5, 0.6) is 0 Å². The molecule has 2 unspecified atom stereocenters. The summed E-state index contributed by atoms with van der Waals surface area (Å²) < 4.78 is 4.97. The highest BCUT2D eigenvalue weighted by Crippen LogP contribution is 2.22. The van der Waals surface area contributed by atoms with Crippen molar-refractivity contribution in [1.29, 1.82) is 0 Å². The number of carboxylic acids is 1. The van der Waals surface area contributed by atoms with Gasteiger partial charge in [-0.1, -0.05) is 12.1 Å². The third-order valence-corrected chi connectivity index (χ3v) is 3.70. The van der Waals surface area contributed by atoms with Gasteiger partial charge in [-0.3, -0.25) is 9.69 Å². The number of aryl methyl sites for hydroxylation is 1. The summed E-state index contributed by atoms with van der Waals surface area (Å²) in [5.74, 6) is 1.00. The van der Waals surface area contributed by atoms with Gasteiger partial charge >= 0.3 is 5.97 Å². The number of nitrogens with zero attached hydrogens (tertiary/aromatic N) is 3. The van der Waals surface area contributed by atoms with Gasteiger partial charge in [-0.2, -0.15) is 4.98 Å². The molecule has 1 fully saturated rings. The molecular formula is C13H21N3O3. The Bertz CT molecular complexity index is 433. The number of aromatic nitrogens is 2. The maximum atomic E-state index is 11.2. The average Bonchev–Trinajstić information content (AvgIpc) is 2.75. The van der Waals surface area contributed by atoms with Crippen molar-refractivity contribution in [2.24, 2.45) is 5.92 Å². The van der Waals surface area contributed by atoms with Crippen LogP contribution in [0.2, 0.25) is 0 Å². The second-order valence-electron chi connectivity index (χ2n) is 5.20. The molecule has 1 N–H and O–H groups in total. The van der Waals surface area contributed by atoms with E-state index in [1.807, 2.05) is 6.92 Å². The molecule has 1 saturated heterocycles. The lowest BCUT2D eigenvalue weighted by Crippen LogP contribution is -2.46. The lowest BCUT2D eigenvalue weighted by molar-refractivity contribution is -0.144. The molecule has 1 aromatic rings. The molecule has 19 heavy (non-hydrogen) atoms. The van der Waals surface area contributed by atoms with E-state index >= 15 is 0 Å². The molecule has 0 aromatic carbocycles. The van der Waals surface area contributed by atoms with Crippen LogP contribution in [0.3, 0.4) is 0 Å². The molecule has 0 saturated carbocycles. The molecule has 6 heteroatoms. The highest BCUT2D eigenvalue weighted by Gasteiger charge is 2.29. The SMILES string of the molecule is CCC(C(=O)O)N1CCCC(Cc2noc(C)n2)C1.